The van der Waals surface area contributed by atoms with Crippen LogP contribution in [0.4, 0.5) is 5.69 Å². The Kier molecular flexibility index (Phi) is 6.60. The fourth-order valence-corrected chi connectivity index (χ4v) is 2.12. The molecule has 6 heteroatoms. The summed E-state index contributed by atoms with van der Waals surface area (Å²) in [4.78, 5) is 11.9. The van der Waals surface area contributed by atoms with Crippen LogP contribution in [0.25, 0.3) is 0 Å². The van der Waals surface area contributed by atoms with Gasteiger partial charge in [0.05, 0.1) is 11.9 Å². The lowest BCUT2D eigenvalue weighted by Gasteiger charge is -2.16. The smallest absolute Gasteiger partial charge is 0.284 e. The normalized spacial score (nSPS) is 11.9. The molecule has 2 N–H and O–H groups in total. The van der Waals surface area contributed by atoms with Crippen molar-refractivity contribution in [2.75, 3.05) is 18.5 Å². The van der Waals surface area contributed by atoms with Crippen LogP contribution in [0, 0.1) is 18.3 Å². The number of anilines is 1. The molecule has 0 aliphatic heterocycles. The van der Waals surface area contributed by atoms with Gasteiger partial charge in [-0.25, -0.2) is 4.68 Å². The molecule has 1 aromatic rings. The van der Waals surface area contributed by atoms with E-state index in [-0.39, 0.29) is 18.7 Å². The molecule has 1 rings (SSSR count). The van der Waals surface area contributed by atoms with Gasteiger partial charge in [0.2, 0.25) is 0 Å². The van der Waals surface area contributed by atoms with Gasteiger partial charge in [0.1, 0.15) is 11.0 Å². The van der Waals surface area contributed by atoms with Crippen molar-refractivity contribution in [2.24, 2.45) is 5.92 Å². The third-order valence-corrected chi connectivity index (χ3v) is 3.69. The molecular formula is C13H18BrN3O2. The number of aromatic nitrogens is 2. The third-order valence-electron chi connectivity index (χ3n) is 2.92. The van der Waals surface area contributed by atoms with E-state index in [1.807, 2.05) is 0 Å². The predicted molar refractivity (Wildman–Crippen MR) is 79.0 cm³/mol. The van der Waals surface area contributed by atoms with Gasteiger partial charge in [0, 0.05) is 13.2 Å². The number of halogens is 1. The number of hydrogen-bond acceptors (Lipinski definition) is 4. The molecular weight excluding hydrogens is 310 g/mol. The molecule has 0 saturated heterocycles. The Bertz CT molecular complexity index is 508. The van der Waals surface area contributed by atoms with Crippen molar-refractivity contribution in [3.8, 4) is 12.3 Å². The summed E-state index contributed by atoms with van der Waals surface area (Å²) in [5.74, 6) is 2.74. The van der Waals surface area contributed by atoms with Gasteiger partial charge in [-0.3, -0.25) is 4.79 Å². The number of aliphatic hydroxyl groups is 1. The van der Waals surface area contributed by atoms with Crippen LogP contribution in [0.5, 0.6) is 0 Å². The van der Waals surface area contributed by atoms with E-state index in [1.54, 1.807) is 6.20 Å². The van der Waals surface area contributed by atoms with E-state index >= 15 is 0 Å². The molecule has 0 bridgehead atoms. The fourth-order valence-electron chi connectivity index (χ4n) is 1.67. The minimum Gasteiger partial charge on any atom is -0.396 e. The zero-order valence-electron chi connectivity index (χ0n) is 10.9. The summed E-state index contributed by atoms with van der Waals surface area (Å²) in [5, 5.41) is 16.1. The van der Waals surface area contributed by atoms with Crippen molar-refractivity contribution in [2.45, 2.75) is 26.3 Å². The minimum atomic E-state index is -0.252. The van der Waals surface area contributed by atoms with Crippen LogP contribution < -0.4 is 10.9 Å². The van der Waals surface area contributed by atoms with Crippen molar-refractivity contribution in [1.29, 1.82) is 0 Å². The maximum atomic E-state index is 11.9. The lowest BCUT2D eigenvalue weighted by Crippen LogP contribution is -2.25. The molecule has 1 heterocycles. The Morgan fingerprint density at radius 1 is 1.68 bits per heavy atom. The Balaban J connectivity index is 2.78. The van der Waals surface area contributed by atoms with Crippen molar-refractivity contribution in [1.82, 2.24) is 9.78 Å². The van der Waals surface area contributed by atoms with Crippen LogP contribution in [0.3, 0.4) is 0 Å². The van der Waals surface area contributed by atoms with Gasteiger partial charge in [0.15, 0.2) is 0 Å². The van der Waals surface area contributed by atoms with Gasteiger partial charge < -0.3 is 10.4 Å². The van der Waals surface area contributed by atoms with Gasteiger partial charge in [-0.15, -0.1) is 6.42 Å². The van der Waals surface area contributed by atoms with Crippen molar-refractivity contribution >= 4 is 21.6 Å². The average molecular weight is 328 g/mol. The second-order valence-corrected chi connectivity index (χ2v) is 5.00. The first-order valence-electron chi connectivity index (χ1n) is 6.17. The summed E-state index contributed by atoms with van der Waals surface area (Å²) in [6, 6.07) is 0. The summed E-state index contributed by atoms with van der Waals surface area (Å²) in [5.41, 5.74) is 0.396. The van der Waals surface area contributed by atoms with Crippen LogP contribution in [-0.2, 0) is 6.54 Å². The lowest BCUT2D eigenvalue weighted by molar-refractivity contribution is 0.258. The Morgan fingerprint density at radius 2 is 2.42 bits per heavy atom. The van der Waals surface area contributed by atoms with Crippen LogP contribution in [0.2, 0.25) is 0 Å². The first-order chi connectivity index (χ1) is 9.13. The van der Waals surface area contributed by atoms with Gasteiger partial charge in [-0.05, 0) is 28.3 Å². The highest BCUT2D eigenvalue weighted by Crippen LogP contribution is 2.17. The van der Waals surface area contributed by atoms with E-state index in [9.17, 15) is 4.79 Å². The van der Waals surface area contributed by atoms with E-state index < -0.39 is 0 Å². The van der Waals surface area contributed by atoms with Gasteiger partial charge in [0.25, 0.3) is 5.56 Å². The molecule has 0 aliphatic rings. The highest BCUT2D eigenvalue weighted by Gasteiger charge is 2.10. The van der Waals surface area contributed by atoms with E-state index in [2.05, 4.69) is 39.2 Å². The van der Waals surface area contributed by atoms with E-state index in [1.165, 1.54) is 4.68 Å². The summed E-state index contributed by atoms with van der Waals surface area (Å²) in [6.45, 7) is 3.08. The minimum absolute atomic E-state index is 0.153. The maximum absolute atomic E-state index is 11.9. The fraction of sp³-hybridized carbons (Fsp3) is 0.538. The van der Waals surface area contributed by atoms with E-state index in [0.717, 1.165) is 12.8 Å². The maximum Gasteiger partial charge on any atom is 0.284 e. The number of hydrogen-bond donors (Lipinski definition) is 2. The molecule has 1 atom stereocenters. The summed E-state index contributed by atoms with van der Waals surface area (Å²) < 4.78 is 1.65. The second kappa shape index (κ2) is 7.97. The Labute approximate surface area is 121 Å². The number of terminal acetylenes is 1. The molecule has 0 fully saturated rings. The summed E-state index contributed by atoms with van der Waals surface area (Å²) in [6.07, 6.45) is 8.44. The van der Waals surface area contributed by atoms with Crippen LogP contribution in [0.15, 0.2) is 15.5 Å². The zero-order valence-corrected chi connectivity index (χ0v) is 12.5. The zero-order chi connectivity index (χ0) is 14.3. The molecule has 19 heavy (non-hydrogen) atoms. The molecule has 0 amide bonds. The Hall–Kier alpha value is -1.32. The number of nitrogens with one attached hydrogen (secondary N) is 1. The largest absolute Gasteiger partial charge is 0.396 e. The topological polar surface area (TPSA) is 67.2 Å². The lowest BCUT2D eigenvalue weighted by atomic mass is 10.0. The predicted octanol–water partition coefficient (Wildman–Crippen LogP) is 1.46. The van der Waals surface area contributed by atoms with Crippen LogP contribution >= 0.6 is 15.9 Å². The van der Waals surface area contributed by atoms with Crippen molar-refractivity contribution in [3.05, 3.63) is 21.0 Å². The highest BCUT2D eigenvalue weighted by atomic mass is 79.9. The summed E-state index contributed by atoms with van der Waals surface area (Å²) >= 11 is 3.26. The monoisotopic (exact) mass is 327 g/mol. The molecule has 0 aromatic carbocycles. The van der Waals surface area contributed by atoms with Gasteiger partial charge in [-0.1, -0.05) is 19.3 Å². The second-order valence-electron chi connectivity index (χ2n) is 4.21. The highest BCUT2D eigenvalue weighted by molar-refractivity contribution is 9.10. The molecule has 1 aromatic heterocycles. The quantitative estimate of drug-likeness (QED) is 0.744. The average Bonchev–Trinajstić information content (AvgIpc) is 2.42. The number of aliphatic hydroxyl groups excluding tert-OH is 1. The van der Waals surface area contributed by atoms with Crippen LogP contribution in [-0.4, -0.2) is 28.0 Å². The first kappa shape index (κ1) is 15.7. The van der Waals surface area contributed by atoms with Gasteiger partial charge in [-0.2, -0.15) is 5.10 Å². The Morgan fingerprint density at radius 3 is 3.00 bits per heavy atom. The van der Waals surface area contributed by atoms with Crippen LogP contribution in [0.1, 0.15) is 19.8 Å². The standard InChI is InChI=1S/C13H18BrN3O2/c1-3-6-17-13(19)12(14)11(9-16-17)15-8-10(4-2)5-7-18/h1,9-10,15,18H,4-8H2,2H3. The summed E-state index contributed by atoms with van der Waals surface area (Å²) in [7, 11) is 0. The molecule has 1 unspecified atom stereocenters. The molecule has 5 nitrogen and oxygen atoms in total. The first-order valence-corrected chi connectivity index (χ1v) is 6.97. The third kappa shape index (κ3) is 4.37. The number of rotatable bonds is 7. The molecule has 0 saturated carbocycles. The number of nitrogens with zero attached hydrogens (tertiary/aromatic N) is 2. The van der Waals surface area contributed by atoms with E-state index in [4.69, 9.17) is 11.5 Å². The van der Waals surface area contributed by atoms with Crippen molar-refractivity contribution < 1.29 is 5.11 Å². The van der Waals surface area contributed by atoms with Crippen molar-refractivity contribution in [3.63, 3.8) is 0 Å². The SMILES string of the molecule is C#CCn1ncc(NCC(CC)CCO)c(Br)c1=O. The molecule has 0 radical (unpaired) electrons. The molecule has 0 aliphatic carbocycles. The molecule has 0 spiro atoms. The van der Waals surface area contributed by atoms with E-state index in [0.29, 0.717) is 22.6 Å². The van der Waals surface area contributed by atoms with Gasteiger partial charge >= 0.3 is 0 Å². The molecule has 104 valence electrons.